The highest BCUT2D eigenvalue weighted by Crippen LogP contribution is 2.22. The molecule has 0 aliphatic carbocycles. The van der Waals surface area contributed by atoms with E-state index in [0.717, 1.165) is 13.0 Å². The van der Waals surface area contributed by atoms with Gasteiger partial charge in [-0.15, -0.1) is 0 Å². The highest BCUT2D eigenvalue weighted by Gasteiger charge is 2.13. The van der Waals surface area contributed by atoms with Crippen molar-refractivity contribution in [2.45, 2.75) is 24.7 Å². The molecule has 0 saturated heterocycles. The Kier molecular flexibility index (Phi) is 10.4. The number of hydrogen-bond donors (Lipinski definition) is 2. The van der Waals surface area contributed by atoms with Gasteiger partial charge in [-0.05, 0) is 32.6 Å². The number of esters is 1. The smallest absolute Gasteiger partial charge is 0.306 e. The Morgan fingerprint density at radius 1 is 1.15 bits per heavy atom. The molecule has 0 heterocycles. The summed E-state index contributed by atoms with van der Waals surface area (Å²) in [7, 11) is 3.84. The van der Waals surface area contributed by atoms with Gasteiger partial charge in [-0.1, -0.05) is 30.8 Å². The standard InChI is InChI=1S/C18H27N3O4S/c1-4-7-17(23)25-13-26-15-9-6-5-8-14(15)18(24)20-12-16(22)19-10-11-21(2)3/h5-6,8-9H,4,7,10-13H2,1-3H3,(H,19,22)(H,20,24). The van der Waals surface area contributed by atoms with Gasteiger partial charge in [-0.2, -0.15) is 0 Å². The van der Waals surface area contributed by atoms with Crippen LogP contribution in [0, 0.1) is 0 Å². The molecule has 0 bridgehead atoms. The van der Waals surface area contributed by atoms with Crippen LogP contribution < -0.4 is 10.6 Å². The van der Waals surface area contributed by atoms with Crippen LogP contribution in [0.5, 0.6) is 0 Å². The molecule has 0 saturated carbocycles. The van der Waals surface area contributed by atoms with Gasteiger partial charge in [-0.25, -0.2) is 0 Å². The van der Waals surface area contributed by atoms with Gasteiger partial charge in [0, 0.05) is 24.4 Å². The topological polar surface area (TPSA) is 87.7 Å². The van der Waals surface area contributed by atoms with Crippen molar-refractivity contribution in [3.8, 4) is 0 Å². The fourth-order valence-corrected chi connectivity index (χ4v) is 2.76. The van der Waals surface area contributed by atoms with Crippen LogP contribution in [-0.2, 0) is 14.3 Å². The number of carbonyl (C=O) groups is 3. The number of nitrogens with zero attached hydrogens (tertiary/aromatic N) is 1. The molecular weight excluding hydrogens is 354 g/mol. The molecule has 0 unspecified atom stereocenters. The van der Waals surface area contributed by atoms with Crippen molar-refractivity contribution in [1.29, 1.82) is 0 Å². The van der Waals surface area contributed by atoms with Crippen LogP contribution in [0.1, 0.15) is 30.1 Å². The number of ether oxygens (including phenoxy) is 1. The van der Waals surface area contributed by atoms with Crippen LogP contribution in [0.3, 0.4) is 0 Å². The monoisotopic (exact) mass is 381 g/mol. The molecule has 0 atom stereocenters. The van der Waals surface area contributed by atoms with E-state index in [1.54, 1.807) is 24.3 Å². The lowest BCUT2D eigenvalue weighted by atomic mass is 10.2. The summed E-state index contributed by atoms with van der Waals surface area (Å²) in [6.07, 6.45) is 1.12. The molecule has 2 amide bonds. The maximum Gasteiger partial charge on any atom is 0.306 e. The third kappa shape index (κ3) is 8.87. The van der Waals surface area contributed by atoms with Gasteiger partial charge in [0.1, 0.15) is 5.94 Å². The molecule has 144 valence electrons. The minimum absolute atomic E-state index is 0.0866. The lowest BCUT2D eigenvalue weighted by molar-refractivity contribution is -0.141. The highest BCUT2D eigenvalue weighted by atomic mass is 32.2. The third-order valence-corrected chi connectivity index (χ3v) is 4.21. The Labute approximate surface area is 158 Å². The van der Waals surface area contributed by atoms with Gasteiger partial charge in [0.2, 0.25) is 5.91 Å². The summed E-state index contributed by atoms with van der Waals surface area (Å²) in [6, 6.07) is 7.01. The van der Waals surface area contributed by atoms with Crippen molar-refractivity contribution < 1.29 is 19.1 Å². The maximum atomic E-state index is 12.3. The van der Waals surface area contributed by atoms with E-state index in [1.807, 2.05) is 25.9 Å². The lowest BCUT2D eigenvalue weighted by Gasteiger charge is -2.12. The van der Waals surface area contributed by atoms with E-state index in [0.29, 0.717) is 23.4 Å². The second kappa shape index (κ2) is 12.3. The number of amides is 2. The second-order valence-corrected chi connectivity index (χ2v) is 6.82. The van der Waals surface area contributed by atoms with E-state index in [-0.39, 0.29) is 30.3 Å². The Morgan fingerprint density at radius 2 is 1.88 bits per heavy atom. The van der Waals surface area contributed by atoms with Crippen molar-refractivity contribution in [2.24, 2.45) is 0 Å². The number of nitrogens with one attached hydrogen (secondary N) is 2. The van der Waals surface area contributed by atoms with Gasteiger partial charge >= 0.3 is 5.97 Å². The van der Waals surface area contributed by atoms with E-state index in [9.17, 15) is 14.4 Å². The van der Waals surface area contributed by atoms with Crippen LogP contribution >= 0.6 is 11.8 Å². The summed E-state index contributed by atoms with van der Waals surface area (Å²) in [6.45, 7) is 3.08. The zero-order valence-corrected chi connectivity index (χ0v) is 16.4. The van der Waals surface area contributed by atoms with E-state index in [4.69, 9.17) is 4.74 Å². The molecule has 8 heteroatoms. The van der Waals surface area contributed by atoms with Gasteiger partial charge in [0.05, 0.1) is 12.1 Å². The predicted octanol–water partition coefficient (Wildman–Crippen LogP) is 1.49. The Balaban J connectivity index is 2.48. The van der Waals surface area contributed by atoms with Gasteiger partial charge in [0.15, 0.2) is 0 Å². The van der Waals surface area contributed by atoms with Crippen LogP contribution in [0.15, 0.2) is 29.2 Å². The normalized spacial score (nSPS) is 10.5. The van der Waals surface area contributed by atoms with Gasteiger partial charge < -0.3 is 20.3 Å². The fraction of sp³-hybridized carbons (Fsp3) is 0.500. The number of hydrogen-bond acceptors (Lipinski definition) is 6. The molecule has 0 radical (unpaired) electrons. The SMILES string of the molecule is CCCC(=O)OCSc1ccccc1C(=O)NCC(=O)NCCN(C)C. The molecule has 1 rings (SSSR count). The molecule has 1 aromatic carbocycles. The molecule has 0 spiro atoms. The molecule has 1 aromatic rings. The first-order valence-electron chi connectivity index (χ1n) is 8.51. The van der Waals surface area contributed by atoms with E-state index >= 15 is 0 Å². The zero-order valence-electron chi connectivity index (χ0n) is 15.5. The van der Waals surface area contributed by atoms with Gasteiger partial charge in [0.25, 0.3) is 5.91 Å². The largest absolute Gasteiger partial charge is 0.454 e. The van der Waals surface area contributed by atoms with Crippen LogP contribution in [-0.4, -0.2) is 62.4 Å². The van der Waals surface area contributed by atoms with E-state index in [1.165, 1.54) is 11.8 Å². The third-order valence-electron chi connectivity index (χ3n) is 3.31. The lowest BCUT2D eigenvalue weighted by Crippen LogP contribution is -2.39. The molecule has 2 N–H and O–H groups in total. The minimum Gasteiger partial charge on any atom is -0.454 e. The molecule has 7 nitrogen and oxygen atoms in total. The summed E-state index contributed by atoms with van der Waals surface area (Å²) >= 11 is 1.27. The van der Waals surface area contributed by atoms with E-state index < -0.39 is 0 Å². The fourth-order valence-electron chi connectivity index (χ4n) is 1.95. The first-order valence-corrected chi connectivity index (χ1v) is 9.49. The summed E-state index contributed by atoms with van der Waals surface area (Å²) in [5.41, 5.74) is 0.449. The average Bonchev–Trinajstić information content (AvgIpc) is 2.60. The van der Waals surface area contributed by atoms with Crippen molar-refractivity contribution in [3.63, 3.8) is 0 Å². The molecule has 0 aromatic heterocycles. The summed E-state index contributed by atoms with van der Waals surface area (Å²) < 4.78 is 5.11. The second-order valence-electron chi connectivity index (χ2n) is 5.86. The quantitative estimate of drug-likeness (QED) is 0.343. The molecular formula is C18H27N3O4S. The van der Waals surface area contributed by atoms with Crippen LogP contribution in [0.25, 0.3) is 0 Å². The minimum atomic E-state index is -0.337. The molecule has 0 aliphatic rings. The summed E-state index contributed by atoms with van der Waals surface area (Å²) in [4.78, 5) is 38.1. The average molecular weight is 381 g/mol. The molecule has 0 aliphatic heterocycles. The Morgan fingerprint density at radius 3 is 2.58 bits per heavy atom. The number of carbonyl (C=O) groups excluding carboxylic acids is 3. The maximum absolute atomic E-state index is 12.3. The number of likely N-dealkylation sites (N-methyl/N-ethyl adjacent to an activating group) is 1. The van der Waals surface area contributed by atoms with Crippen molar-refractivity contribution in [2.75, 3.05) is 39.7 Å². The molecule has 0 fully saturated rings. The number of rotatable bonds is 11. The Hall–Kier alpha value is -2.06. The number of benzene rings is 1. The zero-order chi connectivity index (χ0) is 19.4. The van der Waals surface area contributed by atoms with Gasteiger partial charge in [-0.3, -0.25) is 14.4 Å². The summed E-state index contributed by atoms with van der Waals surface area (Å²) in [5.74, 6) is -0.681. The van der Waals surface area contributed by atoms with E-state index in [2.05, 4.69) is 10.6 Å². The predicted molar refractivity (Wildman–Crippen MR) is 102 cm³/mol. The van der Waals surface area contributed by atoms with Crippen molar-refractivity contribution >= 4 is 29.5 Å². The first-order chi connectivity index (χ1) is 12.4. The first kappa shape index (κ1) is 22.0. The number of thioether (sulfide) groups is 1. The molecule has 26 heavy (non-hydrogen) atoms. The Bertz CT molecular complexity index is 608. The van der Waals surface area contributed by atoms with Crippen molar-refractivity contribution in [3.05, 3.63) is 29.8 Å². The highest BCUT2D eigenvalue weighted by molar-refractivity contribution is 7.99. The van der Waals surface area contributed by atoms with Crippen LogP contribution in [0.4, 0.5) is 0 Å². The van der Waals surface area contributed by atoms with Crippen molar-refractivity contribution in [1.82, 2.24) is 15.5 Å². The van der Waals surface area contributed by atoms with Crippen LogP contribution in [0.2, 0.25) is 0 Å². The summed E-state index contributed by atoms with van der Waals surface area (Å²) in [5, 5.41) is 5.35.